The second kappa shape index (κ2) is 25.5. The molecule has 0 amide bonds. The largest absolute Gasteiger partial charge is 0.500 e. The molecule has 0 rings (SSSR count). The normalized spacial score (nSPS) is 12.9. The first kappa shape index (κ1) is 40.0. The van der Waals surface area contributed by atoms with Crippen LogP contribution in [0.4, 0.5) is 0 Å². The van der Waals surface area contributed by atoms with E-state index < -0.39 is 8.80 Å². The SMILES string of the molecule is CCCN(CC)CCCC(CCCN(CC)CCC)(CCCN(CC)CCC)CC[Si](OCC)(OCC)OCC. The standard InChI is InChI=1S/C33H73N3O3Si/c1-10-26-34(13-4)29-19-22-33(23-20-30-35(14-5)27-11-2,24-21-31-36(15-6)28-12-3)25-32-40(37-16-7,38-17-8)39-18-9/h10-32H2,1-9H3. The zero-order valence-electron chi connectivity index (χ0n) is 28.8. The highest BCUT2D eigenvalue weighted by Gasteiger charge is 2.43. The first-order valence-electron chi connectivity index (χ1n) is 17.5. The highest BCUT2D eigenvalue weighted by Crippen LogP contribution is 2.42. The van der Waals surface area contributed by atoms with E-state index in [1.807, 2.05) is 0 Å². The van der Waals surface area contributed by atoms with Gasteiger partial charge >= 0.3 is 8.80 Å². The van der Waals surface area contributed by atoms with E-state index in [4.69, 9.17) is 13.3 Å². The molecule has 0 N–H and O–H groups in total. The van der Waals surface area contributed by atoms with Crippen molar-refractivity contribution in [3.8, 4) is 0 Å². The Bertz CT molecular complexity index is 488. The molecule has 0 saturated heterocycles. The Morgan fingerprint density at radius 3 is 1.02 bits per heavy atom. The first-order valence-corrected chi connectivity index (χ1v) is 19.4. The van der Waals surface area contributed by atoms with E-state index in [1.165, 1.54) is 97.1 Å². The molecule has 0 aromatic heterocycles. The van der Waals surface area contributed by atoms with E-state index in [0.29, 0.717) is 25.2 Å². The highest BCUT2D eigenvalue weighted by molar-refractivity contribution is 6.60. The smallest absolute Gasteiger partial charge is 0.374 e. The second-order valence-electron chi connectivity index (χ2n) is 11.6. The second-order valence-corrected chi connectivity index (χ2v) is 14.3. The van der Waals surface area contributed by atoms with Crippen LogP contribution in [0.15, 0.2) is 0 Å². The van der Waals surface area contributed by atoms with Crippen LogP contribution in [-0.2, 0) is 13.3 Å². The molecule has 0 aromatic carbocycles. The summed E-state index contributed by atoms with van der Waals surface area (Å²) < 4.78 is 19.1. The molecule has 0 heterocycles. The Kier molecular flexibility index (Phi) is 25.5. The molecule has 0 aliphatic heterocycles. The van der Waals surface area contributed by atoms with Crippen LogP contribution in [0.1, 0.15) is 127 Å². The van der Waals surface area contributed by atoms with Gasteiger partial charge in [-0.25, -0.2) is 0 Å². The number of rotatable bonds is 30. The Balaban J connectivity index is 6.00. The Morgan fingerprint density at radius 2 is 0.775 bits per heavy atom. The van der Waals surface area contributed by atoms with E-state index >= 15 is 0 Å². The molecule has 0 spiro atoms. The van der Waals surface area contributed by atoms with Crippen LogP contribution in [0.5, 0.6) is 0 Å². The van der Waals surface area contributed by atoms with Gasteiger partial charge in [-0.3, -0.25) is 0 Å². The summed E-state index contributed by atoms with van der Waals surface area (Å²) in [5, 5.41) is 0. The molecule has 242 valence electrons. The summed E-state index contributed by atoms with van der Waals surface area (Å²) in [6.07, 6.45) is 12.6. The van der Waals surface area contributed by atoms with Gasteiger partial charge < -0.3 is 28.0 Å². The van der Waals surface area contributed by atoms with Gasteiger partial charge in [0.15, 0.2) is 0 Å². The predicted molar refractivity (Wildman–Crippen MR) is 177 cm³/mol. The molecule has 0 radical (unpaired) electrons. The lowest BCUT2D eigenvalue weighted by molar-refractivity contribution is 0.0630. The van der Waals surface area contributed by atoms with Crippen LogP contribution in [0, 0.1) is 5.41 Å². The van der Waals surface area contributed by atoms with Crippen molar-refractivity contribution in [1.82, 2.24) is 14.7 Å². The molecular formula is C33H73N3O3Si. The Labute approximate surface area is 253 Å². The zero-order chi connectivity index (χ0) is 30.1. The van der Waals surface area contributed by atoms with E-state index in [2.05, 4.69) is 77.0 Å². The maximum Gasteiger partial charge on any atom is 0.500 e. The van der Waals surface area contributed by atoms with Crippen molar-refractivity contribution in [3.05, 3.63) is 0 Å². The van der Waals surface area contributed by atoms with Crippen LogP contribution in [0.3, 0.4) is 0 Å². The predicted octanol–water partition coefficient (Wildman–Crippen LogP) is 7.95. The zero-order valence-corrected chi connectivity index (χ0v) is 29.8. The third-order valence-electron chi connectivity index (χ3n) is 8.56. The Morgan fingerprint density at radius 1 is 0.450 bits per heavy atom. The van der Waals surface area contributed by atoms with Gasteiger partial charge in [0.1, 0.15) is 0 Å². The molecule has 0 unspecified atom stereocenters. The highest BCUT2D eigenvalue weighted by atomic mass is 28.4. The minimum absolute atomic E-state index is 0.312. The monoisotopic (exact) mass is 588 g/mol. The molecule has 7 heteroatoms. The van der Waals surface area contributed by atoms with E-state index in [-0.39, 0.29) is 0 Å². The number of hydrogen-bond donors (Lipinski definition) is 0. The summed E-state index contributed by atoms with van der Waals surface area (Å²) in [5.74, 6) is 0. The van der Waals surface area contributed by atoms with Crippen LogP contribution in [-0.4, -0.2) is 102 Å². The van der Waals surface area contributed by atoms with Gasteiger partial charge in [0, 0.05) is 25.9 Å². The summed E-state index contributed by atoms with van der Waals surface area (Å²) >= 11 is 0. The topological polar surface area (TPSA) is 37.4 Å². The van der Waals surface area contributed by atoms with Crippen molar-refractivity contribution in [3.63, 3.8) is 0 Å². The van der Waals surface area contributed by atoms with Crippen molar-refractivity contribution in [2.24, 2.45) is 5.41 Å². The van der Waals surface area contributed by atoms with Crippen molar-refractivity contribution in [2.75, 3.05) is 78.7 Å². The quantitative estimate of drug-likeness (QED) is 0.0794. The number of nitrogens with zero attached hydrogens (tertiary/aromatic N) is 3. The third kappa shape index (κ3) is 17.2. The van der Waals surface area contributed by atoms with Gasteiger partial charge in [0.2, 0.25) is 0 Å². The molecular weight excluding hydrogens is 514 g/mol. The molecule has 0 fully saturated rings. The molecule has 0 saturated carbocycles. The van der Waals surface area contributed by atoms with Crippen LogP contribution in [0.25, 0.3) is 0 Å². The molecule has 0 atom stereocenters. The van der Waals surface area contributed by atoms with Crippen molar-refractivity contribution in [1.29, 1.82) is 0 Å². The van der Waals surface area contributed by atoms with Gasteiger partial charge in [0.05, 0.1) is 0 Å². The summed E-state index contributed by atoms with van der Waals surface area (Å²) in [7, 11) is -2.68. The van der Waals surface area contributed by atoms with Gasteiger partial charge in [-0.05, 0) is 149 Å². The van der Waals surface area contributed by atoms with Crippen molar-refractivity contribution >= 4 is 8.80 Å². The fraction of sp³-hybridized carbons (Fsp3) is 1.00. The summed E-state index contributed by atoms with van der Waals surface area (Å²) in [6, 6.07) is 0.938. The van der Waals surface area contributed by atoms with Crippen LogP contribution < -0.4 is 0 Å². The maximum atomic E-state index is 6.35. The minimum atomic E-state index is -2.68. The van der Waals surface area contributed by atoms with Crippen molar-refractivity contribution in [2.45, 2.75) is 133 Å². The van der Waals surface area contributed by atoms with Crippen molar-refractivity contribution < 1.29 is 13.3 Å². The average Bonchev–Trinajstić information content (AvgIpc) is 2.95. The molecule has 0 bridgehead atoms. The first-order chi connectivity index (χ1) is 19.4. The summed E-state index contributed by atoms with van der Waals surface area (Å²) in [4.78, 5) is 7.93. The van der Waals surface area contributed by atoms with Gasteiger partial charge in [-0.15, -0.1) is 0 Å². The van der Waals surface area contributed by atoms with E-state index in [9.17, 15) is 0 Å². The van der Waals surface area contributed by atoms with Gasteiger partial charge in [-0.1, -0.05) is 41.5 Å². The maximum absolute atomic E-state index is 6.35. The average molecular weight is 588 g/mol. The van der Waals surface area contributed by atoms with Crippen LogP contribution in [0.2, 0.25) is 6.04 Å². The third-order valence-corrected chi connectivity index (χ3v) is 11.6. The van der Waals surface area contributed by atoms with E-state index in [0.717, 1.165) is 32.1 Å². The Hall–Kier alpha value is -0.0231. The molecule has 6 nitrogen and oxygen atoms in total. The molecule has 40 heavy (non-hydrogen) atoms. The molecule has 0 aliphatic rings. The summed E-state index contributed by atoms with van der Waals surface area (Å²) in [5.41, 5.74) is 0.312. The summed E-state index contributed by atoms with van der Waals surface area (Å²) in [6.45, 7) is 32.8. The minimum Gasteiger partial charge on any atom is -0.374 e. The molecule has 0 aromatic rings. The fourth-order valence-electron chi connectivity index (χ4n) is 6.44. The van der Waals surface area contributed by atoms with Crippen LogP contribution >= 0.6 is 0 Å². The van der Waals surface area contributed by atoms with Gasteiger partial charge in [-0.2, -0.15) is 0 Å². The lowest BCUT2D eigenvalue weighted by atomic mass is 9.73. The fourth-order valence-corrected chi connectivity index (χ4v) is 9.27. The lowest BCUT2D eigenvalue weighted by Gasteiger charge is -2.39. The molecule has 0 aliphatic carbocycles. The lowest BCUT2D eigenvalue weighted by Crippen LogP contribution is -2.47. The number of hydrogen-bond acceptors (Lipinski definition) is 6. The van der Waals surface area contributed by atoms with E-state index in [1.54, 1.807) is 0 Å². The van der Waals surface area contributed by atoms with Gasteiger partial charge in [0.25, 0.3) is 0 Å².